The molecule has 102 valence electrons. The summed E-state index contributed by atoms with van der Waals surface area (Å²) in [6, 6.07) is 12.8. The van der Waals surface area contributed by atoms with E-state index in [4.69, 9.17) is 0 Å². The Balaban J connectivity index is 1.97. The maximum absolute atomic E-state index is 12.5. The average Bonchev–Trinajstić information content (AvgIpc) is 2.95. The van der Waals surface area contributed by atoms with E-state index in [-0.39, 0.29) is 17.4 Å². The largest absolute Gasteiger partial charge is 0.494 e. The molecule has 0 spiro atoms. The fraction of sp³-hybridized carbons (Fsp3) is 0. The van der Waals surface area contributed by atoms with Crippen LogP contribution in [0.2, 0.25) is 0 Å². The number of carbonyl (C=O) groups excluding carboxylic acids is 1. The van der Waals surface area contributed by atoms with Gasteiger partial charge in [-0.1, -0.05) is 34.1 Å². The Morgan fingerprint density at radius 3 is 2.81 bits per heavy atom. The Hall–Kier alpha value is -2.40. The van der Waals surface area contributed by atoms with Gasteiger partial charge in [0.1, 0.15) is 5.71 Å². The van der Waals surface area contributed by atoms with Crippen molar-refractivity contribution in [2.45, 2.75) is 0 Å². The number of halogens is 1. The molecule has 0 aliphatic carbocycles. The molecule has 0 radical (unpaired) electrons. The number of aromatic hydroxyl groups is 1. The molecule has 4 rings (SSSR count). The van der Waals surface area contributed by atoms with E-state index in [1.807, 2.05) is 30.3 Å². The van der Waals surface area contributed by atoms with Gasteiger partial charge in [0.25, 0.3) is 0 Å². The van der Waals surface area contributed by atoms with Crippen molar-refractivity contribution in [1.29, 1.82) is 0 Å². The predicted molar refractivity (Wildman–Crippen MR) is 84.6 cm³/mol. The summed E-state index contributed by atoms with van der Waals surface area (Å²) in [7, 11) is 0. The van der Waals surface area contributed by atoms with Crippen LogP contribution in [0.5, 0.6) is 5.88 Å². The van der Waals surface area contributed by atoms with Crippen LogP contribution in [0.3, 0.4) is 0 Å². The van der Waals surface area contributed by atoms with E-state index in [9.17, 15) is 9.90 Å². The molecule has 2 heterocycles. The zero-order chi connectivity index (χ0) is 14.6. The molecule has 0 fully saturated rings. The lowest BCUT2D eigenvalue weighted by atomic mass is 10.0. The van der Waals surface area contributed by atoms with E-state index in [2.05, 4.69) is 25.9 Å². The van der Waals surface area contributed by atoms with Gasteiger partial charge in [0, 0.05) is 20.9 Å². The first-order valence-corrected chi connectivity index (χ1v) is 7.17. The number of hydrogen-bond acceptors (Lipinski definition) is 3. The number of aromatic amines is 1. The number of nitrogens with zero attached hydrogens (tertiary/aromatic N) is 1. The zero-order valence-electron chi connectivity index (χ0n) is 10.7. The number of carbonyl (C=O) groups is 1. The van der Waals surface area contributed by atoms with Crippen molar-refractivity contribution in [3.8, 4) is 5.88 Å². The number of H-pyrrole nitrogens is 1. The minimum Gasteiger partial charge on any atom is -0.494 e. The molecule has 2 aromatic carbocycles. The van der Waals surface area contributed by atoms with E-state index in [0.717, 1.165) is 15.4 Å². The number of nitrogens with one attached hydrogen (secondary N) is 1. The summed E-state index contributed by atoms with van der Waals surface area (Å²) in [6.07, 6.45) is 0. The molecule has 1 aliphatic heterocycles. The highest BCUT2D eigenvalue weighted by atomic mass is 79.9. The number of aromatic nitrogens is 1. The van der Waals surface area contributed by atoms with Crippen molar-refractivity contribution in [3.05, 3.63) is 58.1 Å². The second-order valence-electron chi connectivity index (χ2n) is 4.85. The highest BCUT2D eigenvalue weighted by molar-refractivity contribution is 9.10. The molecular weight excluding hydrogens is 332 g/mol. The number of aliphatic imine (C=N–C) groups is 1. The van der Waals surface area contributed by atoms with Crippen molar-refractivity contribution in [2.24, 2.45) is 4.99 Å². The third-order valence-corrected chi connectivity index (χ3v) is 4.07. The van der Waals surface area contributed by atoms with Crippen LogP contribution in [-0.2, 0) is 0 Å². The van der Waals surface area contributed by atoms with E-state index in [1.165, 1.54) is 0 Å². The molecule has 0 unspecified atom stereocenters. The van der Waals surface area contributed by atoms with Gasteiger partial charge in [-0.15, -0.1) is 0 Å². The van der Waals surface area contributed by atoms with Gasteiger partial charge in [-0.3, -0.25) is 4.79 Å². The number of rotatable bonds is 1. The molecule has 5 heteroatoms. The lowest BCUT2D eigenvalue weighted by molar-refractivity contribution is 0.107. The van der Waals surface area contributed by atoms with Crippen LogP contribution < -0.4 is 0 Å². The lowest BCUT2D eigenvalue weighted by Crippen LogP contribution is -2.10. The molecule has 0 saturated heterocycles. The maximum atomic E-state index is 12.5. The van der Waals surface area contributed by atoms with Crippen molar-refractivity contribution >= 4 is 44.0 Å². The molecule has 0 atom stereocenters. The Labute approximate surface area is 128 Å². The Morgan fingerprint density at radius 2 is 1.95 bits per heavy atom. The van der Waals surface area contributed by atoms with Crippen LogP contribution in [0.25, 0.3) is 10.9 Å². The van der Waals surface area contributed by atoms with E-state index in [1.54, 1.807) is 12.1 Å². The summed E-state index contributed by atoms with van der Waals surface area (Å²) in [5.74, 6) is -0.201. The van der Waals surface area contributed by atoms with Gasteiger partial charge in [0.2, 0.25) is 5.78 Å². The van der Waals surface area contributed by atoms with Crippen LogP contribution in [0, 0.1) is 0 Å². The summed E-state index contributed by atoms with van der Waals surface area (Å²) < 4.78 is 0.863. The van der Waals surface area contributed by atoms with Crippen LogP contribution in [-0.4, -0.2) is 21.6 Å². The van der Waals surface area contributed by atoms with Gasteiger partial charge < -0.3 is 10.1 Å². The Kier molecular flexibility index (Phi) is 2.53. The summed E-state index contributed by atoms with van der Waals surface area (Å²) in [5, 5.41) is 10.9. The van der Waals surface area contributed by atoms with Crippen LogP contribution in [0.15, 0.2) is 51.9 Å². The van der Waals surface area contributed by atoms with Crippen molar-refractivity contribution < 1.29 is 9.90 Å². The second kappa shape index (κ2) is 4.30. The fourth-order valence-corrected chi connectivity index (χ4v) is 2.97. The molecule has 0 bridgehead atoms. The van der Waals surface area contributed by atoms with Crippen LogP contribution in [0.1, 0.15) is 15.9 Å². The lowest BCUT2D eigenvalue weighted by Gasteiger charge is -1.98. The van der Waals surface area contributed by atoms with Crippen LogP contribution >= 0.6 is 15.9 Å². The predicted octanol–water partition coefficient (Wildman–Crippen LogP) is 3.95. The van der Waals surface area contributed by atoms with Gasteiger partial charge in [0.05, 0.1) is 11.3 Å². The molecule has 21 heavy (non-hydrogen) atoms. The van der Waals surface area contributed by atoms with Crippen LogP contribution in [0.4, 0.5) is 5.69 Å². The number of fused-ring (bicyclic) bond motifs is 2. The molecule has 0 amide bonds. The minimum atomic E-state index is -0.169. The maximum Gasteiger partial charge on any atom is 0.214 e. The highest BCUT2D eigenvalue weighted by Gasteiger charge is 2.29. The van der Waals surface area contributed by atoms with Crippen molar-refractivity contribution in [3.63, 3.8) is 0 Å². The standard InChI is InChI=1S/C16H9BrN2O2/c17-8-5-6-10-12(7-8)18-14(15(10)20)13-9-3-1-2-4-11(9)19-16(13)21/h1-7,19,21H. The topological polar surface area (TPSA) is 65.4 Å². The van der Waals surface area contributed by atoms with Gasteiger partial charge in [0.15, 0.2) is 5.88 Å². The number of ketones is 1. The normalized spacial score (nSPS) is 13.6. The first kappa shape index (κ1) is 12.3. The summed E-state index contributed by atoms with van der Waals surface area (Å²) in [5.41, 5.74) is 2.69. The van der Waals surface area contributed by atoms with Gasteiger partial charge in [-0.05, 0) is 24.3 Å². The minimum absolute atomic E-state index is 0.0322. The number of benzene rings is 2. The van der Waals surface area contributed by atoms with Crippen molar-refractivity contribution in [2.75, 3.05) is 0 Å². The third kappa shape index (κ3) is 1.74. The molecular formula is C16H9BrN2O2. The van der Waals surface area contributed by atoms with Gasteiger partial charge in [-0.2, -0.15) is 0 Å². The van der Waals surface area contributed by atoms with E-state index in [0.29, 0.717) is 16.8 Å². The smallest absolute Gasteiger partial charge is 0.214 e. The highest BCUT2D eigenvalue weighted by Crippen LogP contribution is 2.36. The molecule has 2 N–H and O–H groups in total. The summed E-state index contributed by atoms with van der Waals surface area (Å²) >= 11 is 3.37. The summed E-state index contributed by atoms with van der Waals surface area (Å²) in [4.78, 5) is 19.8. The first-order valence-electron chi connectivity index (χ1n) is 6.38. The first-order chi connectivity index (χ1) is 10.1. The molecule has 1 aromatic heterocycles. The second-order valence-corrected chi connectivity index (χ2v) is 5.76. The van der Waals surface area contributed by atoms with Crippen molar-refractivity contribution in [1.82, 2.24) is 4.98 Å². The zero-order valence-corrected chi connectivity index (χ0v) is 12.3. The number of Topliss-reactive ketones (excluding diaryl/α,β-unsaturated/α-hetero) is 1. The molecule has 3 aromatic rings. The molecule has 1 aliphatic rings. The Morgan fingerprint density at radius 1 is 1.14 bits per heavy atom. The van der Waals surface area contributed by atoms with Gasteiger partial charge >= 0.3 is 0 Å². The SMILES string of the molecule is O=C1C(c2c(O)[nH]c3ccccc23)=Nc2cc(Br)ccc21. The van der Waals surface area contributed by atoms with E-state index < -0.39 is 0 Å². The number of hydrogen-bond donors (Lipinski definition) is 2. The molecule has 0 saturated carbocycles. The molecule has 4 nitrogen and oxygen atoms in total. The van der Waals surface area contributed by atoms with Gasteiger partial charge in [-0.25, -0.2) is 4.99 Å². The number of para-hydroxylation sites is 1. The average molecular weight is 341 g/mol. The summed E-state index contributed by atoms with van der Waals surface area (Å²) in [6.45, 7) is 0. The monoisotopic (exact) mass is 340 g/mol. The van der Waals surface area contributed by atoms with E-state index >= 15 is 0 Å². The quantitative estimate of drug-likeness (QED) is 0.704. The Bertz CT molecular complexity index is 941. The third-order valence-electron chi connectivity index (χ3n) is 3.57. The fourth-order valence-electron chi connectivity index (χ4n) is 2.62.